The maximum atomic E-state index is 9.38. The van der Waals surface area contributed by atoms with Gasteiger partial charge in [0.1, 0.15) is 0 Å². The summed E-state index contributed by atoms with van der Waals surface area (Å²) in [7, 11) is 0. The molecule has 0 fully saturated rings. The second-order valence-electron chi connectivity index (χ2n) is 3.68. The largest absolute Gasteiger partial charge is 0.391 e. The molecule has 0 amide bonds. The van der Waals surface area contributed by atoms with Crippen molar-refractivity contribution in [3.8, 4) is 0 Å². The van der Waals surface area contributed by atoms with Gasteiger partial charge in [-0.1, -0.05) is 25.1 Å². The zero-order valence-corrected chi connectivity index (χ0v) is 9.12. The lowest BCUT2D eigenvalue weighted by atomic mass is 10.1. The van der Waals surface area contributed by atoms with Crippen LogP contribution in [0.15, 0.2) is 24.3 Å². The van der Waals surface area contributed by atoms with E-state index in [1.54, 1.807) is 6.92 Å². The Morgan fingerprint density at radius 2 is 1.93 bits per heavy atom. The van der Waals surface area contributed by atoms with Crippen LogP contribution in [0.1, 0.15) is 26.3 Å². The van der Waals surface area contributed by atoms with Gasteiger partial charge in [0.2, 0.25) is 0 Å². The summed E-state index contributed by atoms with van der Waals surface area (Å²) in [4.78, 5) is 0. The van der Waals surface area contributed by atoms with E-state index in [1.807, 2.05) is 19.1 Å². The monoisotopic (exact) mass is 193 g/mol. The van der Waals surface area contributed by atoms with Crippen molar-refractivity contribution in [2.75, 3.05) is 5.32 Å². The number of para-hydroxylation sites is 1. The molecule has 2 N–H and O–H groups in total. The molecular formula is C12H19NO. The van der Waals surface area contributed by atoms with Crippen molar-refractivity contribution < 1.29 is 5.11 Å². The molecule has 2 unspecified atom stereocenters. The Balaban J connectivity index is 2.75. The fourth-order valence-corrected chi connectivity index (χ4v) is 1.34. The van der Waals surface area contributed by atoms with Crippen LogP contribution in [0.4, 0.5) is 5.69 Å². The summed E-state index contributed by atoms with van der Waals surface area (Å²) < 4.78 is 0. The number of hydrogen-bond donors (Lipinski definition) is 2. The molecule has 1 aromatic rings. The highest BCUT2D eigenvalue weighted by molar-refractivity contribution is 5.51. The number of benzene rings is 1. The van der Waals surface area contributed by atoms with Gasteiger partial charge in [-0.25, -0.2) is 0 Å². The van der Waals surface area contributed by atoms with Crippen LogP contribution in [0.25, 0.3) is 0 Å². The van der Waals surface area contributed by atoms with E-state index < -0.39 is 0 Å². The topological polar surface area (TPSA) is 32.3 Å². The van der Waals surface area contributed by atoms with E-state index in [0.717, 1.165) is 12.1 Å². The summed E-state index contributed by atoms with van der Waals surface area (Å²) in [5, 5.41) is 12.7. The number of aryl methyl sites for hydroxylation is 1. The molecule has 2 atom stereocenters. The highest BCUT2D eigenvalue weighted by Gasteiger charge is 2.09. The van der Waals surface area contributed by atoms with Crippen molar-refractivity contribution in [3.63, 3.8) is 0 Å². The van der Waals surface area contributed by atoms with Crippen LogP contribution in [-0.2, 0) is 6.42 Å². The average molecular weight is 193 g/mol. The quantitative estimate of drug-likeness (QED) is 0.769. The predicted octanol–water partition coefficient (Wildman–Crippen LogP) is 2.43. The first-order chi connectivity index (χ1) is 6.65. The average Bonchev–Trinajstić information content (AvgIpc) is 2.18. The van der Waals surface area contributed by atoms with Gasteiger partial charge in [-0.3, -0.25) is 0 Å². The molecule has 0 spiro atoms. The lowest BCUT2D eigenvalue weighted by molar-refractivity contribution is 0.178. The molecular weight excluding hydrogens is 174 g/mol. The molecule has 0 radical (unpaired) electrons. The Morgan fingerprint density at radius 1 is 1.29 bits per heavy atom. The van der Waals surface area contributed by atoms with Crippen molar-refractivity contribution in [2.45, 2.75) is 39.3 Å². The van der Waals surface area contributed by atoms with E-state index in [-0.39, 0.29) is 12.1 Å². The summed E-state index contributed by atoms with van der Waals surface area (Å²) in [6.07, 6.45) is 0.676. The smallest absolute Gasteiger partial charge is 0.0710 e. The Morgan fingerprint density at radius 3 is 2.50 bits per heavy atom. The van der Waals surface area contributed by atoms with Gasteiger partial charge in [0.05, 0.1) is 6.10 Å². The minimum Gasteiger partial charge on any atom is -0.391 e. The summed E-state index contributed by atoms with van der Waals surface area (Å²) >= 11 is 0. The van der Waals surface area contributed by atoms with Crippen molar-refractivity contribution in [3.05, 3.63) is 29.8 Å². The second-order valence-corrected chi connectivity index (χ2v) is 3.68. The molecule has 0 heterocycles. The molecule has 1 aromatic carbocycles. The SMILES string of the molecule is CCc1ccccc1NC(C)C(C)O. The summed E-state index contributed by atoms with van der Waals surface area (Å²) in [6, 6.07) is 8.30. The van der Waals surface area contributed by atoms with Crippen LogP contribution in [0.2, 0.25) is 0 Å². The Hall–Kier alpha value is -1.02. The van der Waals surface area contributed by atoms with E-state index in [1.165, 1.54) is 5.56 Å². The highest BCUT2D eigenvalue weighted by atomic mass is 16.3. The number of aliphatic hydroxyl groups excluding tert-OH is 1. The van der Waals surface area contributed by atoms with Gasteiger partial charge in [-0.2, -0.15) is 0 Å². The fourth-order valence-electron chi connectivity index (χ4n) is 1.34. The standard InChI is InChI=1S/C12H19NO/c1-4-11-7-5-6-8-12(11)13-9(2)10(3)14/h5-10,13-14H,4H2,1-3H3. The fraction of sp³-hybridized carbons (Fsp3) is 0.500. The highest BCUT2D eigenvalue weighted by Crippen LogP contribution is 2.17. The van der Waals surface area contributed by atoms with Gasteiger partial charge < -0.3 is 10.4 Å². The maximum absolute atomic E-state index is 9.38. The van der Waals surface area contributed by atoms with Crippen LogP contribution < -0.4 is 5.32 Å². The third-order valence-electron chi connectivity index (χ3n) is 2.51. The number of hydrogen-bond acceptors (Lipinski definition) is 2. The molecule has 0 aliphatic heterocycles. The zero-order valence-electron chi connectivity index (χ0n) is 9.12. The number of rotatable bonds is 4. The third kappa shape index (κ3) is 2.74. The van der Waals surface area contributed by atoms with Gasteiger partial charge >= 0.3 is 0 Å². The molecule has 0 aliphatic carbocycles. The summed E-state index contributed by atoms with van der Waals surface area (Å²) in [5.41, 5.74) is 2.42. The van der Waals surface area contributed by atoms with Gasteiger partial charge in [0, 0.05) is 11.7 Å². The number of aliphatic hydroxyl groups is 1. The van der Waals surface area contributed by atoms with Gasteiger partial charge in [0.15, 0.2) is 0 Å². The van der Waals surface area contributed by atoms with Crippen LogP contribution in [0.5, 0.6) is 0 Å². The summed E-state index contributed by atoms with van der Waals surface area (Å²) in [6.45, 7) is 5.91. The molecule has 78 valence electrons. The Labute approximate surface area is 86.0 Å². The molecule has 14 heavy (non-hydrogen) atoms. The van der Waals surface area contributed by atoms with E-state index in [2.05, 4.69) is 24.4 Å². The molecule has 0 aliphatic rings. The molecule has 0 bridgehead atoms. The van der Waals surface area contributed by atoms with Crippen molar-refractivity contribution in [1.82, 2.24) is 0 Å². The van der Waals surface area contributed by atoms with E-state index in [9.17, 15) is 5.11 Å². The molecule has 0 aromatic heterocycles. The third-order valence-corrected chi connectivity index (χ3v) is 2.51. The number of anilines is 1. The minimum absolute atomic E-state index is 0.0858. The number of nitrogens with one attached hydrogen (secondary N) is 1. The Bertz CT molecular complexity index is 283. The Kier molecular flexibility index (Phi) is 3.96. The maximum Gasteiger partial charge on any atom is 0.0710 e. The van der Waals surface area contributed by atoms with Crippen LogP contribution in [0, 0.1) is 0 Å². The first-order valence-corrected chi connectivity index (χ1v) is 5.17. The van der Waals surface area contributed by atoms with Crippen molar-refractivity contribution >= 4 is 5.69 Å². The lowest BCUT2D eigenvalue weighted by Gasteiger charge is -2.19. The normalized spacial score (nSPS) is 14.9. The van der Waals surface area contributed by atoms with Gasteiger partial charge in [-0.15, -0.1) is 0 Å². The van der Waals surface area contributed by atoms with E-state index in [0.29, 0.717) is 0 Å². The predicted molar refractivity (Wildman–Crippen MR) is 60.6 cm³/mol. The van der Waals surface area contributed by atoms with Crippen molar-refractivity contribution in [1.29, 1.82) is 0 Å². The van der Waals surface area contributed by atoms with Gasteiger partial charge in [-0.05, 0) is 31.9 Å². The van der Waals surface area contributed by atoms with Crippen LogP contribution >= 0.6 is 0 Å². The summed E-state index contributed by atoms with van der Waals surface area (Å²) in [5.74, 6) is 0. The van der Waals surface area contributed by atoms with Crippen molar-refractivity contribution in [2.24, 2.45) is 0 Å². The second kappa shape index (κ2) is 5.01. The van der Waals surface area contributed by atoms with Crippen LogP contribution in [0.3, 0.4) is 0 Å². The van der Waals surface area contributed by atoms with E-state index in [4.69, 9.17) is 0 Å². The lowest BCUT2D eigenvalue weighted by Crippen LogP contribution is -2.28. The molecule has 2 heteroatoms. The van der Waals surface area contributed by atoms with Crippen LogP contribution in [-0.4, -0.2) is 17.3 Å². The first kappa shape index (κ1) is 11.1. The van der Waals surface area contributed by atoms with Gasteiger partial charge in [0.25, 0.3) is 0 Å². The minimum atomic E-state index is -0.333. The zero-order chi connectivity index (χ0) is 10.6. The molecule has 0 saturated heterocycles. The molecule has 2 nitrogen and oxygen atoms in total. The molecule has 0 saturated carbocycles. The first-order valence-electron chi connectivity index (χ1n) is 5.17. The van der Waals surface area contributed by atoms with E-state index >= 15 is 0 Å². The molecule has 1 rings (SSSR count).